The van der Waals surface area contributed by atoms with Gasteiger partial charge in [-0.3, -0.25) is 23.4 Å². The number of rotatable bonds is 26. The lowest BCUT2D eigenvalue weighted by Crippen LogP contribution is -2.13. The van der Waals surface area contributed by atoms with E-state index in [9.17, 15) is 14.3 Å². The zero-order valence-electron chi connectivity index (χ0n) is 24.2. The summed E-state index contributed by atoms with van der Waals surface area (Å²) < 4.78 is 34.4. The first-order chi connectivity index (χ1) is 19.4. The van der Waals surface area contributed by atoms with Gasteiger partial charge in [0.1, 0.15) is 6.73 Å². The van der Waals surface area contributed by atoms with Gasteiger partial charge in [0.15, 0.2) is 11.2 Å². The number of ether oxygens (including phenoxy) is 2. The molecule has 0 aliphatic carbocycles. The Morgan fingerprint density at radius 1 is 0.825 bits per heavy atom. The van der Waals surface area contributed by atoms with Crippen molar-refractivity contribution in [3.8, 4) is 0 Å². The molecule has 12 nitrogen and oxygen atoms in total. The number of aromatic amines is 1. The Bertz CT molecular complexity index is 1030. The molecule has 40 heavy (non-hydrogen) atoms. The smallest absolute Gasteiger partial charge is 0.381 e. The maximum atomic E-state index is 12.0. The molecule has 0 radical (unpaired) electrons. The Morgan fingerprint density at radius 3 is 2.05 bits per heavy atom. The fourth-order valence-corrected chi connectivity index (χ4v) is 5.06. The lowest BCUT2D eigenvalue weighted by molar-refractivity contribution is 0.0414. The quantitative estimate of drug-likeness (QED) is 0.0919. The molecule has 1 atom stereocenters. The lowest BCUT2D eigenvalue weighted by Gasteiger charge is -2.12. The Hall–Kier alpha value is -1.82. The highest BCUT2D eigenvalue weighted by Crippen LogP contribution is 2.42. The van der Waals surface area contributed by atoms with E-state index in [2.05, 4.69) is 21.9 Å². The van der Waals surface area contributed by atoms with Gasteiger partial charge in [0.25, 0.3) is 5.56 Å². The molecule has 0 saturated heterocycles. The molecule has 0 fully saturated rings. The number of hydrogen-bond donors (Lipinski definition) is 3. The zero-order valence-corrected chi connectivity index (χ0v) is 25.1. The number of phosphoric ester groups is 1. The molecule has 0 amide bonds. The van der Waals surface area contributed by atoms with Gasteiger partial charge in [-0.25, -0.2) is 9.55 Å². The van der Waals surface area contributed by atoms with Gasteiger partial charge in [0.2, 0.25) is 5.95 Å². The summed E-state index contributed by atoms with van der Waals surface area (Å²) in [5.41, 5.74) is 5.54. The number of unbranched alkanes of at least 4 members (excludes halogenated alkanes) is 13. The normalized spacial score (nSPS) is 13.2. The van der Waals surface area contributed by atoms with Crippen molar-refractivity contribution in [3.05, 3.63) is 16.7 Å². The molecule has 0 aliphatic rings. The van der Waals surface area contributed by atoms with Crippen LogP contribution in [0, 0.1) is 0 Å². The zero-order chi connectivity index (χ0) is 28.9. The number of nitrogen functional groups attached to an aromatic ring is 1. The molecule has 0 saturated carbocycles. The molecule has 0 aromatic carbocycles. The molecular formula is C27H50N5O7P. The Kier molecular flexibility index (Phi) is 18.0. The predicted octanol–water partition coefficient (Wildman–Crippen LogP) is 5.70. The summed E-state index contributed by atoms with van der Waals surface area (Å²) in [5.74, 6) is -0.0267. The molecule has 2 aromatic rings. The third kappa shape index (κ3) is 15.3. The minimum absolute atomic E-state index is 0.0169. The SMILES string of the molecule is CCCCCCCCCCCCCCCCOCCCOP(=O)(O)OCCOCn1cnc2c(=O)[nH]c(N)nc21. The molecule has 1 unspecified atom stereocenters. The highest BCUT2D eigenvalue weighted by Gasteiger charge is 2.20. The summed E-state index contributed by atoms with van der Waals surface area (Å²) in [5, 5.41) is 0. The molecule has 0 aliphatic heterocycles. The van der Waals surface area contributed by atoms with E-state index in [-0.39, 0.29) is 43.7 Å². The Morgan fingerprint density at radius 2 is 1.40 bits per heavy atom. The third-order valence-corrected chi connectivity index (χ3v) is 7.55. The molecule has 4 N–H and O–H groups in total. The monoisotopic (exact) mass is 587 g/mol. The van der Waals surface area contributed by atoms with Crippen molar-refractivity contribution < 1.29 is 28.0 Å². The van der Waals surface area contributed by atoms with Crippen LogP contribution in [0.25, 0.3) is 11.2 Å². The number of phosphoric acid groups is 1. The first kappa shape index (κ1) is 34.4. The van der Waals surface area contributed by atoms with Gasteiger partial charge < -0.3 is 20.1 Å². The van der Waals surface area contributed by atoms with Crippen LogP contribution < -0.4 is 11.3 Å². The van der Waals surface area contributed by atoms with Crippen molar-refractivity contribution in [1.82, 2.24) is 19.5 Å². The fraction of sp³-hybridized carbons (Fsp3) is 0.815. The van der Waals surface area contributed by atoms with Gasteiger partial charge in [0, 0.05) is 13.2 Å². The number of anilines is 1. The molecule has 230 valence electrons. The van der Waals surface area contributed by atoms with Crippen molar-refractivity contribution in [2.24, 2.45) is 0 Å². The highest BCUT2D eigenvalue weighted by molar-refractivity contribution is 7.47. The summed E-state index contributed by atoms with van der Waals surface area (Å²) in [6.07, 6.45) is 20.4. The maximum Gasteiger partial charge on any atom is 0.472 e. The molecule has 2 aromatic heterocycles. The summed E-state index contributed by atoms with van der Waals surface area (Å²) >= 11 is 0. The number of hydrogen-bond acceptors (Lipinski definition) is 9. The number of nitrogens with one attached hydrogen (secondary N) is 1. The number of fused-ring (bicyclic) bond motifs is 1. The largest absolute Gasteiger partial charge is 0.472 e. The average molecular weight is 588 g/mol. The molecule has 0 spiro atoms. The number of nitrogens with two attached hydrogens (primary N) is 1. The number of aromatic nitrogens is 4. The van der Waals surface area contributed by atoms with Crippen LogP contribution in [0.2, 0.25) is 0 Å². The van der Waals surface area contributed by atoms with E-state index in [0.717, 1.165) is 6.42 Å². The summed E-state index contributed by atoms with van der Waals surface area (Å²) in [6, 6.07) is 0. The van der Waals surface area contributed by atoms with E-state index in [0.29, 0.717) is 19.6 Å². The minimum atomic E-state index is -4.17. The first-order valence-corrected chi connectivity index (χ1v) is 16.4. The van der Waals surface area contributed by atoms with Crippen molar-refractivity contribution in [2.45, 2.75) is 110 Å². The molecule has 2 heterocycles. The Labute approximate surface area is 238 Å². The number of imidazole rings is 1. The highest BCUT2D eigenvalue weighted by atomic mass is 31.2. The van der Waals surface area contributed by atoms with Gasteiger partial charge in [-0.1, -0.05) is 90.4 Å². The van der Waals surface area contributed by atoms with Gasteiger partial charge in [-0.15, -0.1) is 0 Å². The van der Waals surface area contributed by atoms with Crippen molar-refractivity contribution >= 4 is 24.9 Å². The van der Waals surface area contributed by atoms with E-state index in [1.54, 1.807) is 0 Å². The molecule has 2 rings (SSSR count). The van der Waals surface area contributed by atoms with Crippen molar-refractivity contribution in [1.29, 1.82) is 0 Å². The Balaban J connectivity index is 1.35. The third-order valence-electron chi connectivity index (χ3n) is 6.54. The van der Waals surface area contributed by atoms with Gasteiger partial charge in [-0.05, 0) is 12.8 Å². The second kappa shape index (κ2) is 21.0. The van der Waals surface area contributed by atoms with E-state index in [4.69, 9.17) is 24.3 Å². The van der Waals surface area contributed by atoms with Crippen LogP contribution >= 0.6 is 7.82 Å². The summed E-state index contributed by atoms with van der Waals surface area (Å²) in [7, 11) is -4.17. The molecule has 13 heteroatoms. The first-order valence-electron chi connectivity index (χ1n) is 14.9. The van der Waals surface area contributed by atoms with Crippen LogP contribution in [0.5, 0.6) is 0 Å². The molecule has 0 bridgehead atoms. The van der Waals surface area contributed by atoms with Crippen LogP contribution in [0.1, 0.15) is 103 Å². The van der Waals surface area contributed by atoms with Gasteiger partial charge >= 0.3 is 7.82 Å². The topological polar surface area (TPSA) is 164 Å². The predicted molar refractivity (Wildman–Crippen MR) is 156 cm³/mol. The summed E-state index contributed by atoms with van der Waals surface area (Å²) in [4.78, 5) is 31.9. The number of nitrogens with zero attached hydrogens (tertiary/aromatic N) is 3. The van der Waals surface area contributed by atoms with E-state index in [1.807, 2.05) is 0 Å². The van der Waals surface area contributed by atoms with Crippen LogP contribution in [0.4, 0.5) is 5.95 Å². The average Bonchev–Trinajstić information content (AvgIpc) is 3.32. The van der Waals surface area contributed by atoms with Gasteiger partial charge in [0.05, 0.1) is 26.1 Å². The standard InChI is InChI=1S/C27H50N5O7P/c1-2-3-4-5-6-7-8-9-10-11-12-13-14-15-17-36-18-16-19-38-40(34,35)39-21-20-37-23-32-22-29-24-25(32)30-27(28)31-26(24)33/h22H,2-21,23H2,1H3,(H,34,35)(H3,28,30,31,33). The maximum absolute atomic E-state index is 12.0. The van der Waals surface area contributed by atoms with E-state index >= 15 is 0 Å². The van der Waals surface area contributed by atoms with Crippen molar-refractivity contribution in [3.63, 3.8) is 0 Å². The number of H-pyrrole nitrogens is 1. The second-order valence-electron chi connectivity index (χ2n) is 10.1. The van der Waals surface area contributed by atoms with Crippen LogP contribution in [-0.2, 0) is 29.8 Å². The van der Waals surface area contributed by atoms with Crippen LogP contribution in [0.15, 0.2) is 11.1 Å². The van der Waals surface area contributed by atoms with E-state index in [1.165, 1.54) is 94.4 Å². The van der Waals surface area contributed by atoms with Crippen molar-refractivity contribution in [2.75, 3.05) is 38.8 Å². The van der Waals surface area contributed by atoms with E-state index < -0.39 is 13.4 Å². The molecular weight excluding hydrogens is 537 g/mol. The second-order valence-corrected chi connectivity index (χ2v) is 11.5. The van der Waals surface area contributed by atoms with Gasteiger partial charge in [-0.2, -0.15) is 4.98 Å². The summed E-state index contributed by atoms with van der Waals surface area (Å²) in [6.45, 7) is 3.39. The lowest BCUT2D eigenvalue weighted by atomic mass is 10.0. The van der Waals surface area contributed by atoms with Crippen LogP contribution in [-0.4, -0.2) is 57.4 Å². The van der Waals surface area contributed by atoms with Crippen LogP contribution in [0.3, 0.4) is 0 Å². The minimum Gasteiger partial charge on any atom is -0.381 e. The fourth-order valence-electron chi connectivity index (χ4n) is 4.32.